The van der Waals surface area contributed by atoms with Gasteiger partial charge in [0.05, 0.1) is 18.2 Å². The molecule has 1 amide bonds. The third-order valence-corrected chi connectivity index (χ3v) is 2.32. The fourth-order valence-electron chi connectivity index (χ4n) is 1.43. The van der Waals surface area contributed by atoms with E-state index in [0.29, 0.717) is 12.1 Å². The van der Waals surface area contributed by atoms with Crippen LogP contribution in [0.2, 0.25) is 0 Å². The first kappa shape index (κ1) is 16.1. The van der Waals surface area contributed by atoms with Crippen LogP contribution in [-0.2, 0) is 23.6 Å². The molecule has 1 rings (SSSR count). The second-order valence-electron chi connectivity index (χ2n) is 3.72. The van der Waals surface area contributed by atoms with Gasteiger partial charge in [0.25, 0.3) is 0 Å². The van der Waals surface area contributed by atoms with Gasteiger partial charge in [-0.25, -0.2) is 4.79 Å². The second-order valence-corrected chi connectivity index (χ2v) is 3.72. The van der Waals surface area contributed by atoms with Crippen LogP contribution in [-0.4, -0.2) is 13.2 Å². The van der Waals surface area contributed by atoms with Crippen LogP contribution in [0.4, 0.5) is 31.1 Å². The molecule has 1 N–H and O–H groups in total. The Morgan fingerprint density at radius 2 is 1.65 bits per heavy atom. The fraction of sp³-hybridized carbons (Fsp3) is 0.364. The molecule has 0 aromatic heterocycles. The Balaban J connectivity index is 3.12. The molecule has 0 aliphatic carbocycles. The molecular weight excluding hydrogens is 292 g/mol. The largest absolute Gasteiger partial charge is 0.453 e. The summed E-state index contributed by atoms with van der Waals surface area (Å²) in [7, 11) is 1.04. The van der Waals surface area contributed by atoms with E-state index in [2.05, 4.69) is 10.1 Å². The molecule has 1 aromatic carbocycles. The summed E-state index contributed by atoms with van der Waals surface area (Å²) in [5.74, 6) is 0. The highest BCUT2D eigenvalue weighted by atomic mass is 19.4. The topological polar surface area (TPSA) is 38.3 Å². The van der Waals surface area contributed by atoms with E-state index in [1.54, 1.807) is 0 Å². The van der Waals surface area contributed by atoms with Crippen molar-refractivity contribution in [1.82, 2.24) is 5.32 Å². The second kappa shape index (κ2) is 5.59. The van der Waals surface area contributed by atoms with E-state index in [9.17, 15) is 31.1 Å². The molecule has 0 spiro atoms. The van der Waals surface area contributed by atoms with Gasteiger partial charge in [-0.2, -0.15) is 26.3 Å². The number of hydrogen-bond acceptors (Lipinski definition) is 2. The van der Waals surface area contributed by atoms with Crippen molar-refractivity contribution in [1.29, 1.82) is 0 Å². The minimum atomic E-state index is -5.15. The number of benzene rings is 1. The predicted octanol–water partition coefficient (Wildman–Crippen LogP) is 3.58. The standard InChI is InChI=1S/C11H9F6NO2/c1-20-9(19)18-5-6-2-3-7(10(12,13)14)8(4-6)11(15,16)17/h2-4H,5H2,1H3,(H,18,19). The summed E-state index contributed by atoms with van der Waals surface area (Å²) in [5, 5.41) is 2.08. The van der Waals surface area contributed by atoms with Crippen LogP contribution in [0.25, 0.3) is 0 Å². The maximum absolute atomic E-state index is 12.6. The van der Waals surface area contributed by atoms with E-state index in [1.807, 2.05) is 0 Å². The number of alkyl halides is 6. The number of ether oxygens (including phenoxy) is 1. The molecule has 0 radical (unpaired) electrons. The summed E-state index contributed by atoms with van der Waals surface area (Å²) >= 11 is 0. The van der Waals surface area contributed by atoms with E-state index >= 15 is 0 Å². The van der Waals surface area contributed by atoms with Gasteiger partial charge in [-0.05, 0) is 17.7 Å². The minimum Gasteiger partial charge on any atom is -0.453 e. The van der Waals surface area contributed by atoms with Gasteiger partial charge in [-0.15, -0.1) is 0 Å². The first-order chi connectivity index (χ1) is 9.05. The average molecular weight is 301 g/mol. The first-order valence-corrected chi connectivity index (χ1v) is 5.15. The van der Waals surface area contributed by atoms with Gasteiger partial charge >= 0.3 is 18.4 Å². The quantitative estimate of drug-likeness (QED) is 0.848. The number of carbonyl (C=O) groups is 1. The van der Waals surface area contributed by atoms with Crippen molar-refractivity contribution < 1.29 is 35.9 Å². The lowest BCUT2D eigenvalue weighted by atomic mass is 10.0. The van der Waals surface area contributed by atoms with Crippen molar-refractivity contribution in [2.24, 2.45) is 0 Å². The molecule has 0 heterocycles. The van der Waals surface area contributed by atoms with E-state index < -0.39 is 29.6 Å². The minimum absolute atomic E-state index is 0.129. The molecule has 0 atom stereocenters. The van der Waals surface area contributed by atoms with Crippen LogP contribution in [0.3, 0.4) is 0 Å². The fourth-order valence-corrected chi connectivity index (χ4v) is 1.43. The predicted molar refractivity (Wildman–Crippen MR) is 55.7 cm³/mol. The van der Waals surface area contributed by atoms with Crippen molar-refractivity contribution in [3.8, 4) is 0 Å². The lowest BCUT2D eigenvalue weighted by Gasteiger charge is -2.16. The molecule has 1 aromatic rings. The molecule has 9 heteroatoms. The van der Waals surface area contributed by atoms with Gasteiger partial charge in [-0.3, -0.25) is 0 Å². The Hall–Kier alpha value is -1.93. The molecule has 112 valence electrons. The number of hydrogen-bond donors (Lipinski definition) is 1. The van der Waals surface area contributed by atoms with Gasteiger partial charge in [0.2, 0.25) is 0 Å². The van der Waals surface area contributed by atoms with Crippen molar-refractivity contribution in [2.75, 3.05) is 7.11 Å². The van der Waals surface area contributed by atoms with Gasteiger partial charge < -0.3 is 10.1 Å². The van der Waals surface area contributed by atoms with Crippen molar-refractivity contribution in [2.45, 2.75) is 18.9 Å². The SMILES string of the molecule is COC(=O)NCc1ccc(C(F)(F)F)c(C(F)(F)F)c1. The van der Waals surface area contributed by atoms with E-state index in [-0.39, 0.29) is 12.1 Å². The Bertz CT molecular complexity index is 495. The molecular formula is C11H9F6NO2. The first-order valence-electron chi connectivity index (χ1n) is 5.15. The number of alkyl carbamates (subject to hydrolysis) is 1. The van der Waals surface area contributed by atoms with Crippen LogP contribution in [0.1, 0.15) is 16.7 Å². The van der Waals surface area contributed by atoms with Crippen LogP contribution < -0.4 is 5.32 Å². The zero-order valence-corrected chi connectivity index (χ0v) is 10.0. The smallest absolute Gasteiger partial charge is 0.417 e. The highest BCUT2D eigenvalue weighted by Gasteiger charge is 2.42. The maximum Gasteiger partial charge on any atom is 0.417 e. The normalized spacial score (nSPS) is 12.2. The monoisotopic (exact) mass is 301 g/mol. The molecule has 0 aliphatic heterocycles. The van der Waals surface area contributed by atoms with Crippen molar-refractivity contribution >= 4 is 6.09 Å². The van der Waals surface area contributed by atoms with Crippen molar-refractivity contribution in [3.63, 3.8) is 0 Å². The van der Waals surface area contributed by atoms with Crippen LogP contribution in [0.5, 0.6) is 0 Å². The molecule has 20 heavy (non-hydrogen) atoms. The van der Waals surface area contributed by atoms with Crippen molar-refractivity contribution in [3.05, 3.63) is 34.9 Å². The molecule has 0 fully saturated rings. The number of carbonyl (C=O) groups excluding carboxylic acids is 1. The van der Waals surface area contributed by atoms with Gasteiger partial charge in [0, 0.05) is 6.54 Å². The Morgan fingerprint density at radius 3 is 2.10 bits per heavy atom. The summed E-state index contributed by atoms with van der Waals surface area (Å²) < 4.78 is 79.5. The third-order valence-electron chi connectivity index (χ3n) is 2.32. The van der Waals surface area contributed by atoms with Crippen LogP contribution in [0.15, 0.2) is 18.2 Å². The highest BCUT2D eigenvalue weighted by Crippen LogP contribution is 2.40. The highest BCUT2D eigenvalue weighted by molar-refractivity contribution is 5.66. The van der Waals surface area contributed by atoms with Gasteiger partial charge in [-0.1, -0.05) is 6.07 Å². The summed E-state index contributed by atoms with van der Waals surface area (Å²) in [6, 6.07) is 1.53. The summed E-state index contributed by atoms with van der Waals surface area (Å²) in [6.45, 7) is -0.381. The van der Waals surface area contributed by atoms with Crippen LogP contribution in [0, 0.1) is 0 Å². The number of halogens is 6. The number of rotatable bonds is 2. The molecule has 0 aliphatic rings. The number of methoxy groups -OCH3 is 1. The zero-order valence-electron chi connectivity index (χ0n) is 10.0. The molecule has 0 saturated heterocycles. The lowest BCUT2D eigenvalue weighted by molar-refractivity contribution is -0.162. The number of nitrogens with one attached hydrogen (secondary N) is 1. The molecule has 0 unspecified atom stereocenters. The Labute approximate surface area is 109 Å². The lowest BCUT2D eigenvalue weighted by Crippen LogP contribution is -2.23. The molecule has 0 saturated carbocycles. The summed E-state index contributed by atoms with van der Waals surface area (Å²) in [4.78, 5) is 10.8. The summed E-state index contributed by atoms with van der Waals surface area (Å²) in [6.07, 6.45) is -11.2. The van der Waals surface area contributed by atoms with Crippen LogP contribution >= 0.6 is 0 Å². The average Bonchev–Trinajstić information content (AvgIpc) is 2.33. The van der Waals surface area contributed by atoms with E-state index in [0.717, 1.165) is 13.2 Å². The van der Waals surface area contributed by atoms with E-state index in [4.69, 9.17) is 0 Å². The zero-order chi connectivity index (χ0) is 15.6. The Kier molecular flexibility index (Phi) is 4.51. The summed E-state index contributed by atoms with van der Waals surface area (Å²) in [5.41, 5.74) is -3.70. The maximum atomic E-state index is 12.6. The van der Waals surface area contributed by atoms with Gasteiger partial charge in [0.15, 0.2) is 0 Å². The van der Waals surface area contributed by atoms with E-state index in [1.165, 1.54) is 0 Å². The Morgan fingerprint density at radius 1 is 1.10 bits per heavy atom. The molecule has 3 nitrogen and oxygen atoms in total. The molecule has 0 bridgehead atoms. The third kappa shape index (κ3) is 4.04. The van der Waals surface area contributed by atoms with Gasteiger partial charge in [0.1, 0.15) is 0 Å². The number of amides is 1.